The summed E-state index contributed by atoms with van der Waals surface area (Å²) in [6.45, 7) is 4.84. The van der Waals surface area contributed by atoms with Crippen molar-refractivity contribution in [2.75, 3.05) is 11.9 Å². The Kier molecular flexibility index (Phi) is 3.75. The van der Waals surface area contributed by atoms with E-state index in [0.29, 0.717) is 10.9 Å². The van der Waals surface area contributed by atoms with Crippen LogP contribution in [0.5, 0.6) is 0 Å². The van der Waals surface area contributed by atoms with Gasteiger partial charge >= 0.3 is 0 Å². The number of hydrogen-bond acceptors (Lipinski definition) is 2. The second kappa shape index (κ2) is 5.29. The van der Waals surface area contributed by atoms with E-state index in [0.717, 1.165) is 36.8 Å². The molecule has 2 rings (SSSR count). The van der Waals surface area contributed by atoms with Crippen molar-refractivity contribution < 1.29 is 8.78 Å². The summed E-state index contributed by atoms with van der Waals surface area (Å²) in [5.41, 5.74) is 1.30. The van der Waals surface area contributed by atoms with Crippen molar-refractivity contribution in [3.63, 3.8) is 0 Å². The van der Waals surface area contributed by atoms with Crippen LogP contribution in [-0.2, 0) is 6.42 Å². The van der Waals surface area contributed by atoms with Gasteiger partial charge in [-0.25, -0.2) is 13.8 Å². The highest BCUT2D eigenvalue weighted by atomic mass is 19.1. The fraction of sp³-hybridized carbons (Fsp3) is 0.357. The summed E-state index contributed by atoms with van der Waals surface area (Å²) in [4.78, 5) is 4.31. The number of anilines is 1. The highest BCUT2D eigenvalue weighted by molar-refractivity contribution is 5.82. The Morgan fingerprint density at radius 1 is 1.17 bits per heavy atom. The standard InChI is InChI=1S/C14H16F2N2/c1-3-5-17-14-9(4-2)6-11-12(16)7-10(15)8-13(11)18-14/h6-8H,3-5H2,1-2H3,(H,17,18). The number of aromatic nitrogens is 1. The van der Waals surface area contributed by atoms with Gasteiger partial charge in [-0.2, -0.15) is 0 Å². The average Bonchev–Trinajstić information content (AvgIpc) is 2.35. The molecule has 0 aliphatic carbocycles. The molecule has 1 aromatic carbocycles. The van der Waals surface area contributed by atoms with E-state index in [1.54, 1.807) is 6.07 Å². The molecule has 0 amide bonds. The molecule has 18 heavy (non-hydrogen) atoms. The Labute approximate surface area is 105 Å². The van der Waals surface area contributed by atoms with E-state index < -0.39 is 11.6 Å². The molecule has 0 radical (unpaired) electrons. The molecule has 2 aromatic rings. The SMILES string of the molecule is CCCNc1nc2cc(F)cc(F)c2cc1CC. The molecule has 2 nitrogen and oxygen atoms in total. The fourth-order valence-corrected chi connectivity index (χ4v) is 1.91. The molecular weight excluding hydrogens is 234 g/mol. The summed E-state index contributed by atoms with van der Waals surface area (Å²) in [5, 5.41) is 3.56. The zero-order chi connectivity index (χ0) is 13.1. The summed E-state index contributed by atoms with van der Waals surface area (Å²) in [7, 11) is 0. The lowest BCUT2D eigenvalue weighted by Crippen LogP contribution is -2.05. The maximum Gasteiger partial charge on any atom is 0.135 e. The third-order valence-electron chi connectivity index (χ3n) is 2.85. The Balaban J connectivity index is 2.57. The summed E-state index contributed by atoms with van der Waals surface area (Å²) >= 11 is 0. The quantitative estimate of drug-likeness (QED) is 0.890. The minimum Gasteiger partial charge on any atom is -0.370 e. The van der Waals surface area contributed by atoms with Gasteiger partial charge in [-0.3, -0.25) is 0 Å². The van der Waals surface area contributed by atoms with Crippen molar-refractivity contribution in [1.82, 2.24) is 4.98 Å². The number of rotatable bonds is 4. The van der Waals surface area contributed by atoms with Crippen LogP contribution in [-0.4, -0.2) is 11.5 Å². The number of nitrogens with zero attached hydrogens (tertiary/aromatic N) is 1. The van der Waals surface area contributed by atoms with Gasteiger partial charge in [-0.1, -0.05) is 13.8 Å². The molecule has 0 saturated heterocycles. The molecular formula is C14H16F2N2. The highest BCUT2D eigenvalue weighted by Crippen LogP contribution is 2.24. The van der Waals surface area contributed by atoms with Crippen LogP contribution in [0.15, 0.2) is 18.2 Å². The molecule has 0 spiro atoms. The van der Waals surface area contributed by atoms with Gasteiger partial charge in [0.25, 0.3) is 0 Å². The van der Waals surface area contributed by atoms with Crippen molar-refractivity contribution >= 4 is 16.7 Å². The van der Waals surface area contributed by atoms with Gasteiger partial charge in [0.05, 0.1) is 5.52 Å². The molecule has 1 aromatic heterocycles. The summed E-state index contributed by atoms with van der Waals surface area (Å²) < 4.78 is 26.8. The molecule has 0 aliphatic heterocycles. The number of aryl methyl sites for hydroxylation is 1. The second-order valence-corrected chi connectivity index (χ2v) is 4.23. The first-order valence-corrected chi connectivity index (χ1v) is 6.18. The average molecular weight is 250 g/mol. The van der Waals surface area contributed by atoms with Crippen molar-refractivity contribution in [3.05, 3.63) is 35.4 Å². The van der Waals surface area contributed by atoms with Gasteiger partial charge < -0.3 is 5.32 Å². The molecule has 1 heterocycles. The largest absolute Gasteiger partial charge is 0.370 e. The zero-order valence-corrected chi connectivity index (χ0v) is 10.6. The van der Waals surface area contributed by atoms with E-state index in [1.165, 1.54) is 6.07 Å². The number of hydrogen-bond donors (Lipinski definition) is 1. The van der Waals surface area contributed by atoms with E-state index in [9.17, 15) is 8.78 Å². The van der Waals surface area contributed by atoms with Crippen LogP contribution in [0.4, 0.5) is 14.6 Å². The van der Waals surface area contributed by atoms with Crippen molar-refractivity contribution in [2.24, 2.45) is 0 Å². The monoisotopic (exact) mass is 250 g/mol. The van der Waals surface area contributed by atoms with E-state index in [-0.39, 0.29) is 0 Å². The second-order valence-electron chi connectivity index (χ2n) is 4.23. The molecule has 0 fully saturated rings. The van der Waals surface area contributed by atoms with Crippen LogP contribution in [0.1, 0.15) is 25.8 Å². The summed E-state index contributed by atoms with van der Waals surface area (Å²) in [6.07, 6.45) is 1.73. The summed E-state index contributed by atoms with van der Waals surface area (Å²) in [5.74, 6) is -0.440. The van der Waals surface area contributed by atoms with Crippen molar-refractivity contribution in [2.45, 2.75) is 26.7 Å². The first kappa shape index (κ1) is 12.7. The molecule has 0 saturated carbocycles. The third kappa shape index (κ3) is 2.42. The van der Waals surface area contributed by atoms with Gasteiger partial charge in [-0.05, 0) is 24.5 Å². The first-order chi connectivity index (χ1) is 8.65. The predicted octanol–water partition coefficient (Wildman–Crippen LogP) is 3.90. The number of nitrogens with one attached hydrogen (secondary N) is 1. The van der Waals surface area contributed by atoms with Crippen LogP contribution in [0.25, 0.3) is 10.9 Å². The van der Waals surface area contributed by atoms with Crippen LogP contribution >= 0.6 is 0 Å². The van der Waals surface area contributed by atoms with Gasteiger partial charge in [0.1, 0.15) is 17.5 Å². The topological polar surface area (TPSA) is 24.9 Å². The predicted molar refractivity (Wildman–Crippen MR) is 69.8 cm³/mol. The molecule has 0 unspecified atom stereocenters. The van der Waals surface area contributed by atoms with Crippen LogP contribution in [0, 0.1) is 11.6 Å². The Morgan fingerprint density at radius 3 is 2.61 bits per heavy atom. The lowest BCUT2D eigenvalue weighted by Gasteiger charge is -2.11. The molecule has 1 N–H and O–H groups in total. The van der Waals surface area contributed by atoms with E-state index in [1.807, 2.05) is 6.92 Å². The Bertz CT molecular complexity index is 567. The maximum atomic E-state index is 13.6. The molecule has 96 valence electrons. The summed E-state index contributed by atoms with van der Waals surface area (Å²) in [6, 6.07) is 3.90. The van der Waals surface area contributed by atoms with E-state index in [2.05, 4.69) is 17.2 Å². The minimum absolute atomic E-state index is 0.350. The highest BCUT2D eigenvalue weighted by Gasteiger charge is 2.10. The lowest BCUT2D eigenvalue weighted by atomic mass is 10.1. The van der Waals surface area contributed by atoms with Crippen molar-refractivity contribution in [1.29, 1.82) is 0 Å². The third-order valence-corrected chi connectivity index (χ3v) is 2.85. The van der Waals surface area contributed by atoms with Crippen LogP contribution < -0.4 is 5.32 Å². The molecule has 0 aliphatic rings. The normalized spacial score (nSPS) is 10.9. The smallest absolute Gasteiger partial charge is 0.135 e. The van der Waals surface area contributed by atoms with E-state index >= 15 is 0 Å². The van der Waals surface area contributed by atoms with E-state index in [4.69, 9.17) is 0 Å². The lowest BCUT2D eigenvalue weighted by molar-refractivity contribution is 0.591. The first-order valence-electron chi connectivity index (χ1n) is 6.18. The molecule has 0 bridgehead atoms. The number of benzene rings is 1. The van der Waals surface area contributed by atoms with Crippen LogP contribution in [0.2, 0.25) is 0 Å². The minimum atomic E-state index is -0.599. The zero-order valence-electron chi connectivity index (χ0n) is 10.6. The fourth-order valence-electron chi connectivity index (χ4n) is 1.91. The Hall–Kier alpha value is -1.71. The molecule has 0 atom stereocenters. The Morgan fingerprint density at radius 2 is 1.94 bits per heavy atom. The molecule has 4 heteroatoms. The maximum absolute atomic E-state index is 13.6. The van der Waals surface area contributed by atoms with Crippen molar-refractivity contribution in [3.8, 4) is 0 Å². The van der Waals surface area contributed by atoms with Gasteiger partial charge in [0.15, 0.2) is 0 Å². The van der Waals surface area contributed by atoms with Crippen LogP contribution in [0.3, 0.4) is 0 Å². The number of pyridine rings is 1. The van der Waals surface area contributed by atoms with Gasteiger partial charge in [0, 0.05) is 24.1 Å². The number of halogens is 2. The number of fused-ring (bicyclic) bond motifs is 1. The van der Waals surface area contributed by atoms with Gasteiger partial charge in [-0.15, -0.1) is 0 Å². The van der Waals surface area contributed by atoms with Gasteiger partial charge in [0.2, 0.25) is 0 Å².